The second-order valence-corrected chi connectivity index (χ2v) is 5.70. The van der Waals surface area contributed by atoms with Gasteiger partial charge >= 0.3 is 0 Å². The summed E-state index contributed by atoms with van der Waals surface area (Å²) in [7, 11) is 0. The van der Waals surface area contributed by atoms with Gasteiger partial charge in [0.05, 0.1) is 6.20 Å². The van der Waals surface area contributed by atoms with Crippen LogP contribution >= 0.6 is 11.6 Å². The first kappa shape index (κ1) is 13.6. The molecule has 0 saturated carbocycles. The van der Waals surface area contributed by atoms with Crippen LogP contribution < -0.4 is 5.32 Å². The van der Waals surface area contributed by atoms with Crippen LogP contribution in [0.2, 0.25) is 5.02 Å². The average molecular weight is 291 g/mol. The number of nitrogens with zero attached hydrogens (tertiary/aromatic N) is 2. The van der Waals surface area contributed by atoms with Gasteiger partial charge in [0.2, 0.25) is 0 Å². The number of piperazine rings is 1. The normalized spacial score (nSPS) is 20.2. The highest BCUT2D eigenvalue weighted by molar-refractivity contribution is 6.30. The standard InChI is InChI=1S/C15H19ClN4/c1-11-13(8-18-19-11)10-20-6-5-17-9-15(20)12-3-2-4-14(16)7-12/h2-4,7-8,15,17H,5-6,9-10H2,1H3,(H,18,19). The predicted octanol–water partition coefficient (Wildman–Crippen LogP) is 2.52. The summed E-state index contributed by atoms with van der Waals surface area (Å²) in [6.07, 6.45) is 1.92. The van der Waals surface area contributed by atoms with Gasteiger partial charge in [0.1, 0.15) is 0 Å². The van der Waals surface area contributed by atoms with Crippen molar-refractivity contribution in [2.45, 2.75) is 19.5 Å². The lowest BCUT2D eigenvalue weighted by molar-refractivity contribution is 0.153. The first-order valence-electron chi connectivity index (χ1n) is 6.93. The van der Waals surface area contributed by atoms with Gasteiger partial charge in [0.25, 0.3) is 0 Å². The van der Waals surface area contributed by atoms with Crippen LogP contribution in [0.5, 0.6) is 0 Å². The minimum Gasteiger partial charge on any atom is -0.314 e. The van der Waals surface area contributed by atoms with Crippen molar-refractivity contribution in [2.75, 3.05) is 19.6 Å². The first-order valence-corrected chi connectivity index (χ1v) is 7.31. The third-order valence-electron chi connectivity index (χ3n) is 3.90. The maximum Gasteiger partial charge on any atom is 0.0535 e. The van der Waals surface area contributed by atoms with Gasteiger partial charge in [0, 0.05) is 48.5 Å². The van der Waals surface area contributed by atoms with E-state index in [4.69, 9.17) is 11.6 Å². The summed E-state index contributed by atoms with van der Waals surface area (Å²) in [5.74, 6) is 0. The second kappa shape index (κ2) is 5.95. The van der Waals surface area contributed by atoms with Crippen LogP contribution in [0.15, 0.2) is 30.5 Å². The largest absolute Gasteiger partial charge is 0.314 e. The van der Waals surface area contributed by atoms with Gasteiger partial charge in [-0.1, -0.05) is 23.7 Å². The topological polar surface area (TPSA) is 44.0 Å². The average Bonchev–Trinajstić information content (AvgIpc) is 2.85. The molecule has 2 heterocycles. The highest BCUT2D eigenvalue weighted by atomic mass is 35.5. The van der Waals surface area contributed by atoms with E-state index in [9.17, 15) is 0 Å². The van der Waals surface area contributed by atoms with Gasteiger partial charge in [0.15, 0.2) is 0 Å². The molecule has 1 atom stereocenters. The fraction of sp³-hybridized carbons (Fsp3) is 0.400. The number of hydrogen-bond acceptors (Lipinski definition) is 3. The molecule has 2 N–H and O–H groups in total. The van der Waals surface area contributed by atoms with Gasteiger partial charge in [-0.2, -0.15) is 5.10 Å². The molecule has 0 aliphatic carbocycles. The Morgan fingerprint density at radius 3 is 3.10 bits per heavy atom. The molecular weight excluding hydrogens is 272 g/mol. The summed E-state index contributed by atoms with van der Waals surface area (Å²) in [6, 6.07) is 8.52. The lowest BCUT2D eigenvalue weighted by atomic mass is 10.0. The molecule has 106 valence electrons. The minimum absolute atomic E-state index is 0.358. The monoisotopic (exact) mass is 290 g/mol. The molecule has 0 bridgehead atoms. The maximum atomic E-state index is 6.13. The van der Waals surface area contributed by atoms with Crippen LogP contribution in [-0.4, -0.2) is 34.7 Å². The number of nitrogens with one attached hydrogen (secondary N) is 2. The Hall–Kier alpha value is -1.36. The van der Waals surface area contributed by atoms with Crippen LogP contribution in [0.4, 0.5) is 0 Å². The highest BCUT2D eigenvalue weighted by Crippen LogP contribution is 2.26. The molecule has 20 heavy (non-hydrogen) atoms. The van der Waals surface area contributed by atoms with E-state index in [-0.39, 0.29) is 0 Å². The fourth-order valence-corrected chi connectivity index (χ4v) is 2.93. The van der Waals surface area contributed by atoms with E-state index >= 15 is 0 Å². The Balaban J connectivity index is 1.82. The van der Waals surface area contributed by atoms with E-state index in [1.165, 1.54) is 11.1 Å². The minimum atomic E-state index is 0.358. The highest BCUT2D eigenvalue weighted by Gasteiger charge is 2.24. The molecule has 1 saturated heterocycles. The molecule has 1 aromatic carbocycles. The molecule has 2 aromatic rings. The van der Waals surface area contributed by atoms with Crippen molar-refractivity contribution >= 4 is 11.6 Å². The van der Waals surface area contributed by atoms with Crippen LogP contribution in [-0.2, 0) is 6.54 Å². The summed E-state index contributed by atoms with van der Waals surface area (Å²) in [5, 5.41) is 11.4. The molecule has 0 radical (unpaired) electrons. The Labute approximate surface area is 124 Å². The quantitative estimate of drug-likeness (QED) is 0.913. The zero-order valence-corrected chi connectivity index (χ0v) is 12.3. The van der Waals surface area contributed by atoms with Crippen molar-refractivity contribution in [3.63, 3.8) is 0 Å². The molecule has 4 nitrogen and oxygen atoms in total. The third kappa shape index (κ3) is 2.87. The van der Waals surface area contributed by atoms with E-state index in [1.807, 2.05) is 18.3 Å². The van der Waals surface area contributed by atoms with Gasteiger partial charge in [-0.05, 0) is 24.6 Å². The molecule has 0 amide bonds. The maximum absolute atomic E-state index is 6.13. The summed E-state index contributed by atoms with van der Waals surface area (Å²) >= 11 is 6.13. The molecule has 1 aromatic heterocycles. The molecule has 5 heteroatoms. The number of aryl methyl sites for hydroxylation is 1. The molecule has 1 aliphatic heterocycles. The van der Waals surface area contributed by atoms with Gasteiger partial charge in [-0.15, -0.1) is 0 Å². The molecule has 1 fully saturated rings. The SMILES string of the molecule is Cc1[nH]ncc1CN1CCNCC1c1cccc(Cl)c1. The van der Waals surface area contributed by atoms with E-state index < -0.39 is 0 Å². The summed E-state index contributed by atoms with van der Waals surface area (Å²) < 4.78 is 0. The van der Waals surface area contributed by atoms with E-state index in [1.54, 1.807) is 0 Å². The Morgan fingerprint density at radius 1 is 1.45 bits per heavy atom. The Morgan fingerprint density at radius 2 is 2.35 bits per heavy atom. The zero-order valence-electron chi connectivity index (χ0n) is 11.6. The Kier molecular flexibility index (Phi) is 4.05. The number of rotatable bonds is 3. The van der Waals surface area contributed by atoms with Crippen molar-refractivity contribution in [1.29, 1.82) is 0 Å². The van der Waals surface area contributed by atoms with E-state index in [0.29, 0.717) is 6.04 Å². The van der Waals surface area contributed by atoms with Gasteiger partial charge < -0.3 is 5.32 Å². The van der Waals surface area contributed by atoms with Crippen LogP contribution in [0, 0.1) is 6.92 Å². The number of halogens is 1. The van der Waals surface area contributed by atoms with Crippen LogP contribution in [0.3, 0.4) is 0 Å². The fourth-order valence-electron chi connectivity index (χ4n) is 2.73. The van der Waals surface area contributed by atoms with Crippen molar-refractivity contribution in [1.82, 2.24) is 20.4 Å². The van der Waals surface area contributed by atoms with Crippen LogP contribution in [0.1, 0.15) is 22.9 Å². The van der Waals surface area contributed by atoms with Crippen molar-refractivity contribution in [2.24, 2.45) is 0 Å². The molecule has 1 unspecified atom stereocenters. The van der Waals surface area contributed by atoms with Crippen molar-refractivity contribution in [3.05, 3.63) is 52.3 Å². The molecule has 0 spiro atoms. The molecular formula is C15H19ClN4. The predicted molar refractivity (Wildman–Crippen MR) is 80.8 cm³/mol. The zero-order chi connectivity index (χ0) is 13.9. The lowest BCUT2D eigenvalue weighted by Crippen LogP contribution is -2.45. The summed E-state index contributed by atoms with van der Waals surface area (Å²) in [4.78, 5) is 2.49. The number of hydrogen-bond donors (Lipinski definition) is 2. The molecule has 3 rings (SSSR count). The van der Waals surface area contributed by atoms with Crippen molar-refractivity contribution < 1.29 is 0 Å². The number of benzene rings is 1. The second-order valence-electron chi connectivity index (χ2n) is 5.27. The lowest BCUT2D eigenvalue weighted by Gasteiger charge is -2.36. The van der Waals surface area contributed by atoms with Crippen molar-refractivity contribution in [3.8, 4) is 0 Å². The number of aromatic nitrogens is 2. The van der Waals surface area contributed by atoms with Gasteiger partial charge in [-0.3, -0.25) is 10.00 Å². The number of aromatic amines is 1. The van der Waals surface area contributed by atoms with Gasteiger partial charge in [-0.25, -0.2) is 0 Å². The number of H-pyrrole nitrogens is 1. The van der Waals surface area contributed by atoms with E-state index in [0.717, 1.165) is 36.9 Å². The third-order valence-corrected chi connectivity index (χ3v) is 4.13. The first-order chi connectivity index (χ1) is 9.74. The van der Waals surface area contributed by atoms with Crippen LogP contribution in [0.25, 0.3) is 0 Å². The summed E-state index contributed by atoms with van der Waals surface area (Å²) in [6.45, 7) is 5.99. The van der Waals surface area contributed by atoms with E-state index in [2.05, 4.69) is 39.5 Å². The smallest absolute Gasteiger partial charge is 0.0535 e. The summed E-state index contributed by atoms with van der Waals surface area (Å²) in [5.41, 5.74) is 3.68. The molecule has 1 aliphatic rings. The Bertz CT molecular complexity index is 581.